The molecule has 1 aliphatic rings. The summed E-state index contributed by atoms with van der Waals surface area (Å²) in [6.45, 7) is 0. The van der Waals surface area contributed by atoms with Crippen LogP contribution in [0.3, 0.4) is 0 Å². The molecule has 0 amide bonds. The number of benzene rings is 2. The van der Waals surface area contributed by atoms with Crippen molar-refractivity contribution in [2.45, 2.75) is 30.9 Å². The zero-order chi connectivity index (χ0) is 11.9. The zero-order valence-electron chi connectivity index (χ0n) is 9.76. The van der Waals surface area contributed by atoms with Gasteiger partial charge in [0.1, 0.15) is 0 Å². The highest BCUT2D eigenvalue weighted by molar-refractivity contribution is 5.86. The molecule has 1 saturated carbocycles. The van der Waals surface area contributed by atoms with Gasteiger partial charge in [-0.1, -0.05) is 42.5 Å². The molecular weight excluding hydrogens is 210 g/mol. The Morgan fingerprint density at radius 3 is 2.47 bits per heavy atom. The maximum Gasteiger partial charge on any atom is 0.0839 e. The first-order chi connectivity index (χ1) is 8.21. The van der Waals surface area contributed by atoms with E-state index in [-0.39, 0.29) is 6.04 Å². The van der Waals surface area contributed by atoms with Gasteiger partial charge in [0.2, 0.25) is 0 Å². The van der Waals surface area contributed by atoms with Crippen LogP contribution in [0.1, 0.15) is 30.9 Å². The van der Waals surface area contributed by atoms with Crippen molar-refractivity contribution in [2.75, 3.05) is 0 Å². The molecule has 0 radical (unpaired) electrons. The Hall–Kier alpha value is -1.38. The third-order valence-corrected chi connectivity index (χ3v) is 3.96. The van der Waals surface area contributed by atoms with E-state index in [1.165, 1.54) is 5.39 Å². The van der Waals surface area contributed by atoms with Crippen LogP contribution in [0.15, 0.2) is 42.5 Å². The highest BCUT2D eigenvalue weighted by atomic mass is 16.3. The first-order valence-corrected chi connectivity index (χ1v) is 6.16. The molecule has 2 aromatic carbocycles. The van der Waals surface area contributed by atoms with Crippen LogP contribution in [0.5, 0.6) is 0 Å². The molecule has 3 rings (SSSR count). The van der Waals surface area contributed by atoms with Crippen LogP contribution in [0.2, 0.25) is 0 Å². The molecule has 1 aliphatic carbocycles. The van der Waals surface area contributed by atoms with Crippen LogP contribution in [0.4, 0.5) is 0 Å². The highest BCUT2D eigenvalue weighted by Crippen LogP contribution is 2.42. The number of aliphatic hydroxyl groups is 1. The predicted octanol–water partition coefficient (Wildman–Crippen LogP) is 2.75. The summed E-state index contributed by atoms with van der Waals surface area (Å²) in [7, 11) is 0. The SMILES string of the molecule is N[C@H](c1cccc2ccccc12)C1(O)CCC1. The molecule has 0 bridgehead atoms. The van der Waals surface area contributed by atoms with Gasteiger partial charge < -0.3 is 10.8 Å². The lowest BCUT2D eigenvalue weighted by Crippen LogP contribution is -2.46. The number of fused-ring (bicyclic) bond motifs is 1. The number of rotatable bonds is 2. The molecule has 2 heteroatoms. The molecule has 0 saturated heterocycles. The standard InChI is InChI=1S/C15H17NO/c16-14(15(17)9-4-10-15)13-8-3-6-11-5-1-2-7-12(11)13/h1-3,5-8,14,17H,4,9-10,16H2/t14-/m1/s1. The maximum absolute atomic E-state index is 10.4. The molecule has 2 nitrogen and oxygen atoms in total. The van der Waals surface area contributed by atoms with E-state index in [1.54, 1.807) is 0 Å². The molecule has 1 fully saturated rings. The van der Waals surface area contributed by atoms with Gasteiger partial charge in [-0.2, -0.15) is 0 Å². The molecular formula is C15H17NO. The largest absolute Gasteiger partial charge is 0.388 e. The van der Waals surface area contributed by atoms with Gasteiger partial charge in [0.15, 0.2) is 0 Å². The Labute approximate surface area is 101 Å². The Morgan fingerprint density at radius 1 is 1.06 bits per heavy atom. The maximum atomic E-state index is 10.4. The minimum atomic E-state index is -0.690. The molecule has 0 spiro atoms. The van der Waals surface area contributed by atoms with Crippen LogP contribution in [-0.2, 0) is 0 Å². The Bertz CT molecular complexity index is 540. The van der Waals surface area contributed by atoms with Crippen molar-refractivity contribution in [1.82, 2.24) is 0 Å². The van der Waals surface area contributed by atoms with Gasteiger partial charge in [0.25, 0.3) is 0 Å². The lowest BCUT2D eigenvalue weighted by molar-refractivity contribution is -0.0556. The summed E-state index contributed by atoms with van der Waals surface area (Å²) in [5, 5.41) is 12.7. The molecule has 0 aromatic heterocycles. The Kier molecular flexibility index (Phi) is 2.42. The van der Waals surface area contributed by atoms with E-state index in [4.69, 9.17) is 5.73 Å². The van der Waals surface area contributed by atoms with E-state index >= 15 is 0 Å². The normalized spacial score (nSPS) is 19.9. The van der Waals surface area contributed by atoms with Gasteiger partial charge in [0, 0.05) is 0 Å². The van der Waals surface area contributed by atoms with Gasteiger partial charge in [-0.05, 0) is 35.6 Å². The summed E-state index contributed by atoms with van der Waals surface area (Å²) < 4.78 is 0. The van der Waals surface area contributed by atoms with Gasteiger partial charge in [-0.3, -0.25) is 0 Å². The van der Waals surface area contributed by atoms with Crippen molar-refractivity contribution >= 4 is 10.8 Å². The second-order valence-corrected chi connectivity index (χ2v) is 5.00. The van der Waals surface area contributed by atoms with Crippen molar-refractivity contribution in [3.63, 3.8) is 0 Å². The number of nitrogens with two attached hydrogens (primary N) is 1. The Morgan fingerprint density at radius 2 is 1.76 bits per heavy atom. The molecule has 2 aromatic rings. The monoisotopic (exact) mass is 227 g/mol. The van der Waals surface area contributed by atoms with Crippen LogP contribution < -0.4 is 5.73 Å². The van der Waals surface area contributed by atoms with Crippen LogP contribution in [-0.4, -0.2) is 10.7 Å². The summed E-state index contributed by atoms with van der Waals surface area (Å²) in [5.74, 6) is 0. The first-order valence-electron chi connectivity index (χ1n) is 6.16. The smallest absolute Gasteiger partial charge is 0.0839 e. The Balaban J connectivity index is 2.11. The third-order valence-electron chi connectivity index (χ3n) is 3.96. The van der Waals surface area contributed by atoms with Crippen molar-refractivity contribution < 1.29 is 5.11 Å². The molecule has 88 valence electrons. The van der Waals surface area contributed by atoms with Gasteiger partial charge in [0.05, 0.1) is 11.6 Å². The van der Waals surface area contributed by atoms with Gasteiger partial charge in [-0.15, -0.1) is 0 Å². The molecule has 17 heavy (non-hydrogen) atoms. The number of hydrogen-bond donors (Lipinski definition) is 2. The van der Waals surface area contributed by atoms with Gasteiger partial charge in [-0.25, -0.2) is 0 Å². The predicted molar refractivity (Wildman–Crippen MR) is 69.7 cm³/mol. The fraction of sp³-hybridized carbons (Fsp3) is 0.333. The third kappa shape index (κ3) is 1.65. The van der Waals surface area contributed by atoms with E-state index < -0.39 is 5.60 Å². The number of hydrogen-bond acceptors (Lipinski definition) is 2. The molecule has 3 N–H and O–H groups in total. The van der Waals surface area contributed by atoms with E-state index in [0.29, 0.717) is 0 Å². The fourth-order valence-corrected chi connectivity index (χ4v) is 2.66. The molecule has 0 unspecified atom stereocenters. The topological polar surface area (TPSA) is 46.2 Å². The van der Waals surface area contributed by atoms with Crippen LogP contribution in [0.25, 0.3) is 10.8 Å². The summed E-state index contributed by atoms with van der Waals surface area (Å²) in [5.41, 5.74) is 6.62. The van der Waals surface area contributed by atoms with Crippen molar-refractivity contribution in [2.24, 2.45) is 5.73 Å². The summed E-state index contributed by atoms with van der Waals surface area (Å²) in [6, 6.07) is 14.0. The van der Waals surface area contributed by atoms with Gasteiger partial charge >= 0.3 is 0 Å². The second kappa shape index (κ2) is 3.83. The van der Waals surface area contributed by atoms with Crippen LogP contribution in [0, 0.1) is 0 Å². The zero-order valence-corrected chi connectivity index (χ0v) is 9.76. The summed E-state index contributed by atoms with van der Waals surface area (Å²) in [6.07, 6.45) is 2.71. The van der Waals surface area contributed by atoms with Crippen LogP contribution >= 0.6 is 0 Å². The lowest BCUT2D eigenvalue weighted by Gasteiger charge is -2.42. The minimum Gasteiger partial charge on any atom is -0.388 e. The molecule has 0 heterocycles. The average molecular weight is 227 g/mol. The summed E-state index contributed by atoms with van der Waals surface area (Å²) >= 11 is 0. The summed E-state index contributed by atoms with van der Waals surface area (Å²) in [4.78, 5) is 0. The van der Waals surface area contributed by atoms with E-state index in [1.807, 2.05) is 24.3 Å². The van der Waals surface area contributed by atoms with E-state index in [2.05, 4.69) is 18.2 Å². The molecule has 1 atom stereocenters. The van der Waals surface area contributed by atoms with Crippen molar-refractivity contribution in [3.05, 3.63) is 48.0 Å². The molecule has 0 aliphatic heterocycles. The fourth-order valence-electron chi connectivity index (χ4n) is 2.66. The average Bonchev–Trinajstić information content (AvgIpc) is 2.34. The first kappa shape index (κ1) is 10.8. The second-order valence-electron chi connectivity index (χ2n) is 5.00. The minimum absolute atomic E-state index is 0.276. The van der Waals surface area contributed by atoms with E-state index in [0.717, 1.165) is 30.2 Å². The van der Waals surface area contributed by atoms with E-state index in [9.17, 15) is 5.11 Å². The van der Waals surface area contributed by atoms with Crippen molar-refractivity contribution in [3.8, 4) is 0 Å². The van der Waals surface area contributed by atoms with Crippen molar-refractivity contribution in [1.29, 1.82) is 0 Å². The quantitative estimate of drug-likeness (QED) is 0.828. The highest BCUT2D eigenvalue weighted by Gasteiger charge is 2.41. The lowest BCUT2D eigenvalue weighted by atomic mass is 9.72.